The van der Waals surface area contributed by atoms with Crippen molar-refractivity contribution in [3.8, 4) is 6.07 Å². The van der Waals surface area contributed by atoms with Gasteiger partial charge < -0.3 is 4.90 Å². The van der Waals surface area contributed by atoms with E-state index < -0.39 is 10.0 Å². The minimum Gasteiger partial charge on any atom is -0.303 e. The molecule has 0 spiro atoms. The number of nitriles is 1. The Hall–Kier alpha value is -1.42. The first kappa shape index (κ1) is 15.0. The third-order valence-corrected chi connectivity index (χ3v) is 4.91. The van der Waals surface area contributed by atoms with Crippen LogP contribution in [0.4, 0.5) is 0 Å². The van der Waals surface area contributed by atoms with Gasteiger partial charge in [-0.3, -0.25) is 0 Å². The Kier molecular flexibility index (Phi) is 5.12. The second-order valence-electron chi connectivity index (χ2n) is 4.94. The molecule has 1 aromatic carbocycles. The summed E-state index contributed by atoms with van der Waals surface area (Å²) in [5.41, 5.74) is 0.456. The van der Waals surface area contributed by atoms with Gasteiger partial charge in [0.1, 0.15) is 0 Å². The number of nitrogens with zero attached hydrogens (tertiary/aromatic N) is 2. The second-order valence-corrected chi connectivity index (χ2v) is 6.70. The highest BCUT2D eigenvalue weighted by atomic mass is 32.2. The number of nitrogens with one attached hydrogen (secondary N) is 1. The normalized spacial score (nSPS) is 16.1. The molecule has 2 rings (SSSR count). The molecule has 0 atom stereocenters. The lowest BCUT2D eigenvalue weighted by atomic mass is 10.2. The van der Waals surface area contributed by atoms with Gasteiger partial charge in [-0.2, -0.15) is 5.26 Å². The minimum absolute atomic E-state index is 0.206. The standard InChI is InChI=1S/C14H19N3O2S/c15-12-13-4-6-14(7-5-13)20(18,19)16-8-3-11-17-9-1-2-10-17/h4-7,16H,1-3,8-11H2. The molecule has 1 fully saturated rings. The van der Waals surface area contributed by atoms with E-state index in [1.54, 1.807) is 0 Å². The van der Waals surface area contributed by atoms with Crippen molar-refractivity contribution in [3.05, 3.63) is 29.8 Å². The highest BCUT2D eigenvalue weighted by molar-refractivity contribution is 7.89. The van der Waals surface area contributed by atoms with Gasteiger partial charge >= 0.3 is 0 Å². The summed E-state index contributed by atoms with van der Waals surface area (Å²) in [6, 6.07) is 7.91. The van der Waals surface area contributed by atoms with E-state index in [0.717, 1.165) is 26.1 Å². The van der Waals surface area contributed by atoms with Crippen LogP contribution in [0.3, 0.4) is 0 Å². The lowest BCUT2D eigenvalue weighted by Gasteiger charge is -2.14. The zero-order valence-electron chi connectivity index (χ0n) is 11.4. The van der Waals surface area contributed by atoms with Gasteiger partial charge in [-0.05, 0) is 63.2 Å². The molecule has 1 aromatic rings. The van der Waals surface area contributed by atoms with Crippen LogP contribution in [-0.2, 0) is 10.0 Å². The van der Waals surface area contributed by atoms with Gasteiger partial charge in [0.2, 0.25) is 10.0 Å². The molecule has 0 unspecified atom stereocenters. The molecule has 5 nitrogen and oxygen atoms in total. The minimum atomic E-state index is -3.46. The monoisotopic (exact) mass is 293 g/mol. The van der Waals surface area contributed by atoms with Crippen LogP contribution in [0.25, 0.3) is 0 Å². The number of likely N-dealkylation sites (tertiary alicyclic amines) is 1. The van der Waals surface area contributed by atoms with Crippen molar-refractivity contribution < 1.29 is 8.42 Å². The molecule has 0 aromatic heterocycles. The molecule has 1 heterocycles. The molecular formula is C14H19N3O2S. The summed E-state index contributed by atoms with van der Waals surface area (Å²) in [7, 11) is -3.46. The van der Waals surface area contributed by atoms with Gasteiger partial charge in [0.05, 0.1) is 16.5 Å². The topological polar surface area (TPSA) is 73.2 Å². The van der Waals surface area contributed by atoms with E-state index in [1.165, 1.54) is 37.1 Å². The first-order valence-electron chi connectivity index (χ1n) is 6.84. The van der Waals surface area contributed by atoms with Crippen LogP contribution in [0.5, 0.6) is 0 Å². The molecule has 108 valence electrons. The van der Waals surface area contributed by atoms with Gasteiger partial charge in [0.25, 0.3) is 0 Å². The maximum absolute atomic E-state index is 12.0. The summed E-state index contributed by atoms with van der Waals surface area (Å²) >= 11 is 0. The Morgan fingerprint density at radius 1 is 1.20 bits per heavy atom. The van der Waals surface area contributed by atoms with E-state index in [2.05, 4.69) is 9.62 Å². The molecule has 0 bridgehead atoms. The molecule has 0 radical (unpaired) electrons. The number of rotatable bonds is 6. The van der Waals surface area contributed by atoms with Crippen LogP contribution < -0.4 is 4.72 Å². The Bertz CT molecular complexity index is 569. The van der Waals surface area contributed by atoms with Crippen molar-refractivity contribution in [2.24, 2.45) is 0 Å². The average Bonchev–Trinajstić information content (AvgIpc) is 2.97. The Labute approximate surface area is 120 Å². The van der Waals surface area contributed by atoms with E-state index in [4.69, 9.17) is 5.26 Å². The molecule has 1 aliphatic rings. The predicted octanol–water partition coefficient (Wildman–Crippen LogP) is 1.32. The fourth-order valence-electron chi connectivity index (χ4n) is 2.31. The lowest BCUT2D eigenvalue weighted by Crippen LogP contribution is -2.28. The van der Waals surface area contributed by atoms with Crippen LogP contribution in [0.1, 0.15) is 24.8 Å². The van der Waals surface area contributed by atoms with Crippen LogP contribution in [0, 0.1) is 11.3 Å². The molecule has 20 heavy (non-hydrogen) atoms. The van der Waals surface area contributed by atoms with E-state index in [9.17, 15) is 8.42 Å². The van der Waals surface area contributed by atoms with Crippen molar-refractivity contribution in [1.29, 1.82) is 5.26 Å². The quantitative estimate of drug-likeness (QED) is 0.803. The van der Waals surface area contributed by atoms with E-state index in [0.29, 0.717) is 12.1 Å². The van der Waals surface area contributed by atoms with Gasteiger partial charge in [-0.15, -0.1) is 0 Å². The fraction of sp³-hybridized carbons (Fsp3) is 0.500. The summed E-state index contributed by atoms with van der Waals surface area (Å²) in [6.07, 6.45) is 3.31. The maximum atomic E-state index is 12.0. The molecule has 6 heteroatoms. The summed E-state index contributed by atoms with van der Waals surface area (Å²) in [5.74, 6) is 0. The molecule has 1 N–H and O–H groups in total. The van der Waals surface area contributed by atoms with Crippen molar-refractivity contribution in [3.63, 3.8) is 0 Å². The first-order chi connectivity index (χ1) is 9.62. The molecule has 1 saturated heterocycles. The van der Waals surface area contributed by atoms with Gasteiger partial charge in [0.15, 0.2) is 0 Å². The lowest BCUT2D eigenvalue weighted by molar-refractivity contribution is 0.334. The first-order valence-corrected chi connectivity index (χ1v) is 8.32. The zero-order valence-corrected chi connectivity index (χ0v) is 12.2. The zero-order chi connectivity index (χ0) is 14.4. The van der Waals surface area contributed by atoms with E-state index in [-0.39, 0.29) is 4.90 Å². The number of benzene rings is 1. The molecule has 0 saturated carbocycles. The summed E-state index contributed by atoms with van der Waals surface area (Å²) < 4.78 is 26.6. The second kappa shape index (κ2) is 6.84. The number of hydrogen-bond donors (Lipinski definition) is 1. The van der Waals surface area contributed by atoms with E-state index >= 15 is 0 Å². The molecule has 1 aliphatic heterocycles. The van der Waals surface area contributed by atoms with Gasteiger partial charge in [-0.1, -0.05) is 0 Å². The third-order valence-electron chi connectivity index (χ3n) is 3.44. The smallest absolute Gasteiger partial charge is 0.240 e. The van der Waals surface area contributed by atoms with Crippen LogP contribution in [0.15, 0.2) is 29.2 Å². The SMILES string of the molecule is N#Cc1ccc(S(=O)(=O)NCCCN2CCCC2)cc1. The summed E-state index contributed by atoms with van der Waals surface area (Å²) in [4.78, 5) is 2.56. The largest absolute Gasteiger partial charge is 0.303 e. The van der Waals surface area contributed by atoms with Crippen LogP contribution in [-0.4, -0.2) is 39.5 Å². The summed E-state index contributed by atoms with van der Waals surface area (Å²) in [5, 5.41) is 8.69. The van der Waals surface area contributed by atoms with E-state index in [1.807, 2.05) is 6.07 Å². The number of hydrogen-bond acceptors (Lipinski definition) is 4. The predicted molar refractivity (Wildman–Crippen MR) is 76.6 cm³/mol. The molecule has 0 aliphatic carbocycles. The molecular weight excluding hydrogens is 274 g/mol. The van der Waals surface area contributed by atoms with Crippen molar-refractivity contribution >= 4 is 10.0 Å². The summed E-state index contributed by atoms with van der Waals surface area (Å²) in [6.45, 7) is 3.64. The van der Waals surface area contributed by atoms with Crippen LogP contribution >= 0.6 is 0 Å². The van der Waals surface area contributed by atoms with Crippen LogP contribution in [0.2, 0.25) is 0 Å². The van der Waals surface area contributed by atoms with Gasteiger partial charge in [0, 0.05) is 6.54 Å². The fourth-order valence-corrected chi connectivity index (χ4v) is 3.38. The highest BCUT2D eigenvalue weighted by Crippen LogP contribution is 2.10. The third kappa shape index (κ3) is 4.04. The van der Waals surface area contributed by atoms with Crippen molar-refractivity contribution in [2.45, 2.75) is 24.2 Å². The average molecular weight is 293 g/mol. The Balaban J connectivity index is 1.82. The highest BCUT2D eigenvalue weighted by Gasteiger charge is 2.14. The Morgan fingerprint density at radius 2 is 1.85 bits per heavy atom. The van der Waals surface area contributed by atoms with Gasteiger partial charge in [-0.25, -0.2) is 13.1 Å². The maximum Gasteiger partial charge on any atom is 0.240 e. The Morgan fingerprint density at radius 3 is 2.45 bits per heavy atom. The number of sulfonamides is 1. The molecule has 0 amide bonds. The van der Waals surface area contributed by atoms with Crippen molar-refractivity contribution in [2.75, 3.05) is 26.2 Å². The van der Waals surface area contributed by atoms with Crippen molar-refractivity contribution in [1.82, 2.24) is 9.62 Å².